The molecule has 3 aromatic rings. The first kappa shape index (κ1) is 12.6. The first-order valence-corrected chi connectivity index (χ1v) is 7.25. The van der Waals surface area contributed by atoms with E-state index >= 15 is 0 Å². The molecule has 2 aromatic heterocycles. The summed E-state index contributed by atoms with van der Waals surface area (Å²) < 4.78 is 29.2. The summed E-state index contributed by atoms with van der Waals surface area (Å²) in [6.07, 6.45) is 4.12. The maximum Gasteiger partial charge on any atom is 0.340 e. The summed E-state index contributed by atoms with van der Waals surface area (Å²) in [5.41, 5.74) is 0.777. The molecule has 5 nitrogen and oxygen atoms in total. The van der Waals surface area contributed by atoms with Crippen LogP contribution in [0, 0.1) is 0 Å². The Bertz CT molecular complexity index is 848. The lowest BCUT2D eigenvalue weighted by molar-refractivity contribution is 0.485. The second kappa shape index (κ2) is 4.90. The molecule has 100 valence electrons. The van der Waals surface area contributed by atoms with Crippen LogP contribution in [0.15, 0.2) is 66.0 Å². The molecular weight excluding hydrogens is 276 g/mol. The molecule has 1 aromatic carbocycles. The summed E-state index contributed by atoms with van der Waals surface area (Å²) >= 11 is 0. The Labute approximate surface area is 116 Å². The van der Waals surface area contributed by atoms with Gasteiger partial charge in [0.2, 0.25) is 0 Å². The van der Waals surface area contributed by atoms with Gasteiger partial charge in [0, 0.05) is 17.8 Å². The van der Waals surface area contributed by atoms with Crippen LogP contribution in [0.25, 0.3) is 10.9 Å². The highest BCUT2D eigenvalue weighted by Crippen LogP contribution is 2.21. The maximum atomic E-state index is 12.0. The molecular formula is C14H10N2O3S. The predicted molar refractivity (Wildman–Crippen MR) is 73.8 cm³/mol. The number of nitrogens with zero attached hydrogens (tertiary/aromatic N) is 2. The van der Waals surface area contributed by atoms with E-state index in [0.717, 1.165) is 10.9 Å². The highest BCUT2D eigenvalue weighted by molar-refractivity contribution is 7.87. The molecule has 0 saturated carbocycles. The number of fused-ring (bicyclic) bond motifs is 1. The number of aromatic nitrogens is 2. The molecule has 0 aliphatic heterocycles. The SMILES string of the molecule is O=S(=O)(Oc1cnc2ccccc2c1)c1cccnc1. The van der Waals surface area contributed by atoms with Crippen molar-refractivity contribution in [1.29, 1.82) is 0 Å². The van der Waals surface area contributed by atoms with Gasteiger partial charge in [-0.25, -0.2) is 0 Å². The van der Waals surface area contributed by atoms with Crippen molar-refractivity contribution in [2.45, 2.75) is 4.90 Å². The topological polar surface area (TPSA) is 69.2 Å². The van der Waals surface area contributed by atoms with Crippen molar-refractivity contribution < 1.29 is 12.6 Å². The fraction of sp³-hybridized carbons (Fsp3) is 0. The van der Waals surface area contributed by atoms with Gasteiger partial charge in [-0.05, 0) is 24.3 Å². The van der Waals surface area contributed by atoms with E-state index in [1.54, 1.807) is 6.07 Å². The molecule has 3 rings (SSSR count). The van der Waals surface area contributed by atoms with E-state index in [-0.39, 0.29) is 10.6 Å². The highest BCUT2D eigenvalue weighted by atomic mass is 32.2. The summed E-state index contributed by atoms with van der Waals surface area (Å²) in [5.74, 6) is 0.174. The van der Waals surface area contributed by atoms with Crippen LogP contribution in [0.5, 0.6) is 5.75 Å². The maximum absolute atomic E-state index is 12.0. The van der Waals surface area contributed by atoms with Crippen molar-refractivity contribution in [3.63, 3.8) is 0 Å². The van der Waals surface area contributed by atoms with Crippen molar-refractivity contribution in [2.24, 2.45) is 0 Å². The average molecular weight is 286 g/mol. The van der Waals surface area contributed by atoms with Crippen LogP contribution < -0.4 is 4.18 Å². The molecule has 0 spiro atoms. The number of para-hydroxylation sites is 1. The van der Waals surface area contributed by atoms with E-state index in [4.69, 9.17) is 4.18 Å². The molecule has 0 radical (unpaired) electrons. The monoisotopic (exact) mass is 286 g/mol. The molecule has 2 heterocycles. The molecule has 0 atom stereocenters. The van der Waals surface area contributed by atoms with Gasteiger partial charge in [-0.3, -0.25) is 9.97 Å². The molecule has 0 aliphatic rings. The van der Waals surface area contributed by atoms with Crippen molar-refractivity contribution in [2.75, 3.05) is 0 Å². The van der Waals surface area contributed by atoms with Gasteiger partial charge in [0.05, 0.1) is 11.7 Å². The quantitative estimate of drug-likeness (QED) is 0.691. The molecule has 0 saturated heterocycles. The molecule has 0 N–H and O–H groups in total. The number of hydrogen-bond acceptors (Lipinski definition) is 5. The Morgan fingerprint density at radius 3 is 2.65 bits per heavy atom. The summed E-state index contributed by atoms with van der Waals surface area (Å²) in [7, 11) is -3.88. The van der Waals surface area contributed by atoms with Gasteiger partial charge in [-0.2, -0.15) is 8.42 Å². The van der Waals surface area contributed by atoms with Gasteiger partial charge >= 0.3 is 10.1 Å². The van der Waals surface area contributed by atoms with Crippen molar-refractivity contribution in [1.82, 2.24) is 9.97 Å². The van der Waals surface area contributed by atoms with E-state index in [9.17, 15) is 8.42 Å². The fourth-order valence-corrected chi connectivity index (χ4v) is 2.64. The molecule has 0 aliphatic carbocycles. The average Bonchev–Trinajstić information content (AvgIpc) is 2.48. The van der Waals surface area contributed by atoms with E-state index in [1.807, 2.05) is 24.3 Å². The van der Waals surface area contributed by atoms with Gasteiger partial charge in [0.15, 0.2) is 5.75 Å². The Morgan fingerprint density at radius 2 is 1.85 bits per heavy atom. The lowest BCUT2D eigenvalue weighted by Crippen LogP contribution is -2.10. The lowest BCUT2D eigenvalue weighted by atomic mass is 10.2. The van der Waals surface area contributed by atoms with Crippen LogP contribution in [0.3, 0.4) is 0 Å². The van der Waals surface area contributed by atoms with Gasteiger partial charge in [-0.1, -0.05) is 18.2 Å². The van der Waals surface area contributed by atoms with Gasteiger partial charge < -0.3 is 4.18 Å². The fourth-order valence-electron chi connectivity index (χ4n) is 1.77. The summed E-state index contributed by atoms with van der Waals surface area (Å²) in [4.78, 5) is 7.93. The Kier molecular flexibility index (Phi) is 3.08. The number of pyridine rings is 2. The molecule has 0 unspecified atom stereocenters. The molecule has 6 heteroatoms. The summed E-state index contributed by atoms with van der Waals surface area (Å²) in [6, 6.07) is 12.0. The second-order valence-electron chi connectivity index (χ2n) is 4.09. The first-order valence-electron chi connectivity index (χ1n) is 5.84. The smallest absolute Gasteiger partial charge is 0.340 e. The van der Waals surface area contributed by atoms with Crippen LogP contribution in [0.2, 0.25) is 0 Å². The highest BCUT2D eigenvalue weighted by Gasteiger charge is 2.16. The third kappa shape index (κ3) is 2.46. The third-order valence-electron chi connectivity index (χ3n) is 2.69. The van der Waals surface area contributed by atoms with Crippen LogP contribution in [0.4, 0.5) is 0 Å². The molecule has 20 heavy (non-hydrogen) atoms. The Morgan fingerprint density at radius 1 is 1.00 bits per heavy atom. The molecule has 0 fully saturated rings. The number of rotatable bonds is 3. The predicted octanol–water partition coefficient (Wildman–Crippen LogP) is 2.40. The minimum absolute atomic E-state index is 0.00755. The zero-order valence-electron chi connectivity index (χ0n) is 10.3. The van der Waals surface area contributed by atoms with Crippen molar-refractivity contribution >= 4 is 21.0 Å². The standard InChI is InChI=1S/C14H10N2O3S/c17-20(18,13-5-3-7-15-10-13)19-12-8-11-4-1-2-6-14(11)16-9-12/h1-10H. The third-order valence-corrected chi connectivity index (χ3v) is 3.93. The van der Waals surface area contributed by atoms with Gasteiger partial charge in [0.25, 0.3) is 0 Å². The number of hydrogen-bond donors (Lipinski definition) is 0. The van der Waals surface area contributed by atoms with Crippen LogP contribution >= 0.6 is 0 Å². The number of benzene rings is 1. The molecule has 0 bridgehead atoms. The van der Waals surface area contributed by atoms with Gasteiger partial charge in [0.1, 0.15) is 4.90 Å². The zero-order valence-corrected chi connectivity index (χ0v) is 11.1. The minimum Gasteiger partial charge on any atom is -0.377 e. The summed E-state index contributed by atoms with van der Waals surface area (Å²) in [5, 5.41) is 0.811. The minimum atomic E-state index is -3.88. The van der Waals surface area contributed by atoms with E-state index in [0.29, 0.717) is 0 Å². The summed E-state index contributed by atoms with van der Waals surface area (Å²) in [6.45, 7) is 0. The first-order chi connectivity index (χ1) is 9.65. The van der Waals surface area contributed by atoms with E-state index in [2.05, 4.69) is 9.97 Å². The normalized spacial score (nSPS) is 11.4. The van der Waals surface area contributed by atoms with Crippen LogP contribution in [-0.2, 0) is 10.1 Å². The van der Waals surface area contributed by atoms with Gasteiger partial charge in [-0.15, -0.1) is 0 Å². The van der Waals surface area contributed by atoms with Crippen LogP contribution in [-0.4, -0.2) is 18.4 Å². The Hall–Kier alpha value is -2.47. The van der Waals surface area contributed by atoms with Crippen LogP contribution in [0.1, 0.15) is 0 Å². The van der Waals surface area contributed by atoms with Crippen molar-refractivity contribution in [3.8, 4) is 5.75 Å². The zero-order chi connectivity index (χ0) is 14.0. The second-order valence-corrected chi connectivity index (χ2v) is 5.64. The van der Waals surface area contributed by atoms with Crippen molar-refractivity contribution in [3.05, 3.63) is 61.1 Å². The Balaban J connectivity index is 1.97. The lowest BCUT2D eigenvalue weighted by Gasteiger charge is -2.06. The largest absolute Gasteiger partial charge is 0.377 e. The molecule has 0 amide bonds. The van der Waals surface area contributed by atoms with E-state index in [1.165, 1.54) is 30.7 Å². The van der Waals surface area contributed by atoms with E-state index < -0.39 is 10.1 Å².